The van der Waals surface area contributed by atoms with Crippen molar-refractivity contribution in [3.63, 3.8) is 0 Å². The summed E-state index contributed by atoms with van der Waals surface area (Å²) >= 11 is 0. The SMILES string of the molecule is COc1ccc(C)cc1CC(=O)OCC(=O)Nc1ccc(NC(C)=O)cc1. The Morgan fingerprint density at radius 2 is 1.59 bits per heavy atom. The van der Waals surface area contributed by atoms with Gasteiger partial charge in [0.15, 0.2) is 6.61 Å². The third kappa shape index (κ3) is 6.47. The molecule has 2 aromatic rings. The van der Waals surface area contributed by atoms with Crippen LogP contribution in [-0.4, -0.2) is 31.5 Å². The maximum Gasteiger partial charge on any atom is 0.310 e. The van der Waals surface area contributed by atoms with E-state index in [1.807, 2.05) is 19.1 Å². The van der Waals surface area contributed by atoms with Crippen LogP contribution in [0.25, 0.3) is 0 Å². The van der Waals surface area contributed by atoms with Gasteiger partial charge < -0.3 is 20.1 Å². The van der Waals surface area contributed by atoms with E-state index in [0.717, 1.165) is 5.56 Å². The van der Waals surface area contributed by atoms with Gasteiger partial charge in [0.25, 0.3) is 5.91 Å². The Hall–Kier alpha value is -3.35. The summed E-state index contributed by atoms with van der Waals surface area (Å²) in [7, 11) is 1.53. The van der Waals surface area contributed by atoms with Gasteiger partial charge >= 0.3 is 5.97 Å². The van der Waals surface area contributed by atoms with Crippen LogP contribution in [0.15, 0.2) is 42.5 Å². The lowest BCUT2D eigenvalue weighted by Crippen LogP contribution is -2.21. The Kier molecular flexibility index (Phi) is 6.93. The van der Waals surface area contributed by atoms with Gasteiger partial charge in [-0.15, -0.1) is 0 Å². The lowest BCUT2D eigenvalue weighted by molar-refractivity contribution is -0.146. The molecule has 0 atom stereocenters. The molecule has 27 heavy (non-hydrogen) atoms. The van der Waals surface area contributed by atoms with Gasteiger partial charge in [0.1, 0.15) is 5.75 Å². The van der Waals surface area contributed by atoms with E-state index in [9.17, 15) is 14.4 Å². The molecule has 7 nitrogen and oxygen atoms in total. The van der Waals surface area contributed by atoms with Gasteiger partial charge in [0.2, 0.25) is 5.91 Å². The van der Waals surface area contributed by atoms with E-state index >= 15 is 0 Å². The summed E-state index contributed by atoms with van der Waals surface area (Å²) < 4.78 is 10.3. The van der Waals surface area contributed by atoms with Crippen molar-refractivity contribution in [3.05, 3.63) is 53.6 Å². The lowest BCUT2D eigenvalue weighted by atomic mass is 10.1. The molecule has 0 heterocycles. The van der Waals surface area contributed by atoms with E-state index in [4.69, 9.17) is 9.47 Å². The van der Waals surface area contributed by atoms with Gasteiger partial charge in [-0.3, -0.25) is 14.4 Å². The molecule has 0 saturated carbocycles. The molecule has 0 aliphatic rings. The summed E-state index contributed by atoms with van der Waals surface area (Å²) in [5, 5.41) is 5.25. The topological polar surface area (TPSA) is 93.7 Å². The second-order valence-electron chi connectivity index (χ2n) is 5.96. The minimum Gasteiger partial charge on any atom is -0.496 e. The fraction of sp³-hybridized carbons (Fsp3) is 0.250. The molecule has 2 aromatic carbocycles. The Bertz CT molecular complexity index is 831. The second-order valence-corrected chi connectivity index (χ2v) is 5.96. The van der Waals surface area contributed by atoms with E-state index in [1.54, 1.807) is 30.3 Å². The van der Waals surface area contributed by atoms with Gasteiger partial charge in [-0.1, -0.05) is 17.7 Å². The number of aryl methyl sites for hydroxylation is 1. The number of hydrogen-bond acceptors (Lipinski definition) is 5. The number of ether oxygens (including phenoxy) is 2. The van der Waals surface area contributed by atoms with Crippen LogP contribution in [0.1, 0.15) is 18.1 Å². The first-order valence-electron chi connectivity index (χ1n) is 8.34. The number of anilines is 2. The largest absolute Gasteiger partial charge is 0.496 e. The number of carbonyl (C=O) groups is 3. The summed E-state index contributed by atoms with van der Waals surface area (Å²) in [6, 6.07) is 12.1. The van der Waals surface area contributed by atoms with Crippen LogP contribution in [0.4, 0.5) is 11.4 Å². The van der Waals surface area contributed by atoms with E-state index in [1.165, 1.54) is 14.0 Å². The van der Waals surface area contributed by atoms with Crippen LogP contribution in [0.3, 0.4) is 0 Å². The minimum absolute atomic E-state index is 0.0174. The molecule has 0 fully saturated rings. The Labute approximate surface area is 157 Å². The average molecular weight is 370 g/mol. The highest BCUT2D eigenvalue weighted by molar-refractivity contribution is 5.93. The molecule has 0 spiro atoms. The van der Waals surface area contributed by atoms with Crippen molar-refractivity contribution >= 4 is 29.2 Å². The first-order chi connectivity index (χ1) is 12.9. The molecule has 0 unspecified atom stereocenters. The number of benzene rings is 2. The molecule has 2 N–H and O–H groups in total. The van der Waals surface area contributed by atoms with Crippen molar-refractivity contribution in [2.75, 3.05) is 24.4 Å². The van der Waals surface area contributed by atoms with E-state index in [0.29, 0.717) is 22.7 Å². The van der Waals surface area contributed by atoms with Crippen molar-refractivity contribution in [1.82, 2.24) is 0 Å². The van der Waals surface area contributed by atoms with E-state index < -0.39 is 11.9 Å². The molecular weight excluding hydrogens is 348 g/mol. The van der Waals surface area contributed by atoms with Crippen LogP contribution in [0.5, 0.6) is 5.75 Å². The van der Waals surface area contributed by atoms with Crippen molar-refractivity contribution in [1.29, 1.82) is 0 Å². The molecule has 2 amide bonds. The summed E-state index contributed by atoms with van der Waals surface area (Å²) in [5.41, 5.74) is 2.86. The van der Waals surface area contributed by atoms with Gasteiger partial charge in [-0.25, -0.2) is 0 Å². The quantitative estimate of drug-likeness (QED) is 0.731. The summed E-state index contributed by atoms with van der Waals surface area (Å²) in [4.78, 5) is 34.9. The van der Waals surface area contributed by atoms with Crippen molar-refractivity contribution in [2.24, 2.45) is 0 Å². The second kappa shape index (κ2) is 9.38. The number of hydrogen-bond donors (Lipinski definition) is 2. The van der Waals surface area contributed by atoms with Crippen molar-refractivity contribution in [3.8, 4) is 5.75 Å². The fourth-order valence-corrected chi connectivity index (χ4v) is 2.44. The molecular formula is C20H22N2O5. The third-order valence-electron chi connectivity index (χ3n) is 3.62. The smallest absolute Gasteiger partial charge is 0.310 e. The molecule has 0 aromatic heterocycles. The number of amides is 2. The van der Waals surface area contributed by atoms with E-state index in [2.05, 4.69) is 10.6 Å². The van der Waals surface area contributed by atoms with Crippen LogP contribution in [0, 0.1) is 6.92 Å². The Morgan fingerprint density at radius 3 is 2.19 bits per heavy atom. The van der Waals surface area contributed by atoms with Crippen LogP contribution >= 0.6 is 0 Å². The zero-order valence-electron chi connectivity index (χ0n) is 15.5. The molecule has 0 aliphatic heterocycles. The highest BCUT2D eigenvalue weighted by Crippen LogP contribution is 2.20. The molecule has 0 aliphatic carbocycles. The molecule has 7 heteroatoms. The van der Waals surface area contributed by atoms with Gasteiger partial charge in [-0.2, -0.15) is 0 Å². The maximum atomic E-state index is 12.0. The van der Waals surface area contributed by atoms with Crippen LogP contribution in [0.2, 0.25) is 0 Å². The average Bonchev–Trinajstić information content (AvgIpc) is 2.61. The van der Waals surface area contributed by atoms with Crippen LogP contribution < -0.4 is 15.4 Å². The Balaban J connectivity index is 1.84. The van der Waals surface area contributed by atoms with E-state index in [-0.39, 0.29) is 18.9 Å². The predicted octanol–water partition coefficient (Wildman–Crippen LogP) is 2.69. The highest BCUT2D eigenvalue weighted by atomic mass is 16.5. The van der Waals surface area contributed by atoms with Gasteiger partial charge in [0, 0.05) is 23.9 Å². The summed E-state index contributed by atoms with van der Waals surface area (Å²) in [6.45, 7) is 2.94. The van der Waals surface area contributed by atoms with Gasteiger partial charge in [-0.05, 0) is 37.3 Å². The third-order valence-corrected chi connectivity index (χ3v) is 3.62. The van der Waals surface area contributed by atoms with Crippen LogP contribution in [-0.2, 0) is 25.5 Å². The number of nitrogens with one attached hydrogen (secondary N) is 2. The number of methoxy groups -OCH3 is 1. The molecule has 2 rings (SSSR count). The zero-order chi connectivity index (χ0) is 19.8. The van der Waals surface area contributed by atoms with Gasteiger partial charge in [0.05, 0.1) is 13.5 Å². The lowest BCUT2D eigenvalue weighted by Gasteiger charge is -2.10. The zero-order valence-corrected chi connectivity index (χ0v) is 15.5. The number of esters is 1. The molecule has 0 bridgehead atoms. The predicted molar refractivity (Wildman–Crippen MR) is 102 cm³/mol. The van der Waals surface area contributed by atoms with Crippen molar-refractivity contribution in [2.45, 2.75) is 20.3 Å². The highest BCUT2D eigenvalue weighted by Gasteiger charge is 2.12. The number of rotatable bonds is 7. The normalized spacial score (nSPS) is 10.0. The molecule has 0 radical (unpaired) electrons. The first kappa shape index (κ1) is 20.0. The number of carbonyl (C=O) groups excluding carboxylic acids is 3. The summed E-state index contributed by atoms with van der Waals surface area (Å²) in [6.07, 6.45) is 0.0174. The standard InChI is InChI=1S/C20H22N2O5/c1-13-4-9-18(26-3)15(10-13)11-20(25)27-12-19(24)22-17-7-5-16(6-8-17)21-14(2)23/h4-10H,11-12H2,1-3H3,(H,21,23)(H,22,24). The maximum absolute atomic E-state index is 12.0. The monoisotopic (exact) mass is 370 g/mol. The Morgan fingerprint density at radius 1 is 0.963 bits per heavy atom. The fourth-order valence-electron chi connectivity index (χ4n) is 2.44. The first-order valence-corrected chi connectivity index (χ1v) is 8.34. The van der Waals surface area contributed by atoms with Crippen molar-refractivity contribution < 1.29 is 23.9 Å². The molecule has 142 valence electrons. The molecule has 0 saturated heterocycles. The summed E-state index contributed by atoms with van der Waals surface area (Å²) in [5.74, 6) is -0.549. The minimum atomic E-state index is -0.518.